The molecule has 5 nitrogen and oxygen atoms in total. The molecular formula is C19H18BrClN4OS. The van der Waals surface area contributed by atoms with E-state index in [1.807, 2.05) is 54.0 Å². The summed E-state index contributed by atoms with van der Waals surface area (Å²) in [6.45, 7) is 2.85. The summed E-state index contributed by atoms with van der Waals surface area (Å²) in [7, 11) is 0. The van der Waals surface area contributed by atoms with Gasteiger partial charge in [0.05, 0.1) is 0 Å². The standard InChI is InChI=1S/C19H18BrClN4OS/c1-12-3-2-4-13(9-12)18-23-24-19(27)25(18)8-7-17(26)22-11-14-5-6-15(20)10-16(14)21/h2-6,9-10H,7-8,11H2,1H3,(H,22,26)(H,24,27). The van der Waals surface area contributed by atoms with Crippen molar-refractivity contribution in [2.75, 3.05) is 0 Å². The van der Waals surface area contributed by atoms with Gasteiger partial charge in [0.25, 0.3) is 0 Å². The van der Waals surface area contributed by atoms with Crippen LogP contribution in [0.25, 0.3) is 11.4 Å². The number of rotatable bonds is 6. The van der Waals surface area contributed by atoms with Gasteiger partial charge >= 0.3 is 0 Å². The maximum absolute atomic E-state index is 12.3. The zero-order valence-electron chi connectivity index (χ0n) is 14.6. The Bertz CT molecular complexity index is 1030. The summed E-state index contributed by atoms with van der Waals surface area (Å²) in [5, 5.41) is 10.6. The van der Waals surface area contributed by atoms with Gasteiger partial charge in [0.15, 0.2) is 10.6 Å². The molecule has 0 unspecified atom stereocenters. The Morgan fingerprint density at radius 1 is 1.33 bits per heavy atom. The average molecular weight is 466 g/mol. The lowest BCUT2D eigenvalue weighted by Gasteiger charge is -2.09. The lowest BCUT2D eigenvalue weighted by molar-refractivity contribution is -0.121. The zero-order valence-corrected chi connectivity index (χ0v) is 17.8. The fourth-order valence-corrected chi connectivity index (χ4v) is 3.65. The number of halogens is 2. The first kappa shape index (κ1) is 19.8. The number of hydrogen-bond acceptors (Lipinski definition) is 3. The van der Waals surface area contributed by atoms with Crippen LogP contribution in [0.2, 0.25) is 5.02 Å². The highest BCUT2D eigenvalue weighted by Crippen LogP contribution is 2.21. The number of benzene rings is 2. The summed E-state index contributed by atoms with van der Waals surface area (Å²) >= 11 is 14.9. The van der Waals surface area contributed by atoms with Gasteiger partial charge in [0, 0.05) is 34.6 Å². The van der Waals surface area contributed by atoms with Crippen molar-refractivity contribution < 1.29 is 4.79 Å². The van der Waals surface area contributed by atoms with E-state index in [0.717, 1.165) is 27.0 Å². The van der Waals surface area contributed by atoms with Crippen LogP contribution in [0.5, 0.6) is 0 Å². The molecule has 0 spiro atoms. The molecule has 1 heterocycles. The molecule has 0 saturated heterocycles. The van der Waals surface area contributed by atoms with Crippen molar-refractivity contribution in [1.29, 1.82) is 0 Å². The van der Waals surface area contributed by atoms with Gasteiger partial charge in [0.1, 0.15) is 0 Å². The topological polar surface area (TPSA) is 62.7 Å². The Hall–Kier alpha value is -1.96. The SMILES string of the molecule is Cc1cccc(-c2n[nH]c(=S)n2CCC(=O)NCc2ccc(Br)cc2Cl)c1. The summed E-state index contributed by atoms with van der Waals surface area (Å²) in [5.41, 5.74) is 2.97. The Morgan fingerprint density at radius 3 is 2.89 bits per heavy atom. The van der Waals surface area contributed by atoms with Crippen LogP contribution >= 0.6 is 39.7 Å². The van der Waals surface area contributed by atoms with Crippen molar-refractivity contribution in [3.05, 3.63) is 67.9 Å². The van der Waals surface area contributed by atoms with E-state index in [2.05, 4.69) is 31.4 Å². The molecule has 2 aromatic carbocycles. The Morgan fingerprint density at radius 2 is 2.15 bits per heavy atom. The van der Waals surface area contributed by atoms with Gasteiger partial charge in [-0.05, 0) is 42.9 Å². The highest BCUT2D eigenvalue weighted by atomic mass is 79.9. The molecular weight excluding hydrogens is 448 g/mol. The van der Waals surface area contributed by atoms with E-state index in [4.69, 9.17) is 23.8 Å². The van der Waals surface area contributed by atoms with Gasteiger partial charge in [-0.15, -0.1) is 0 Å². The maximum atomic E-state index is 12.3. The van der Waals surface area contributed by atoms with Crippen LogP contribution in [0.3, 0.4) is 0 Å². The Labute approximate surface area is 175 Å². The van der Waals surface area contributed by atoms with E-state index in [1.54, 1.807) is 0 Å². The summed E-state index contributed by atoms with van der Waals surface area (Å²) in [5.74, 6) is 0.653. The quantitative estimate of drug-likeness (QED) is 0.501. The zero-order chi connectivity index (χ0) is 19.4. The number of nitrogens with zero attached hydrogens (tertiary/aromatic N) is 2. The molecule has 0 radical (unpaired) electrons. The summed E-state index contributed by atoms with van der Waals surface area (Å²) in [4.78, 5) is 12.3. The first-order valence-corrected chi connectivity index (χ1v) is 9.95. The van der Waals surface area contributed by atoms with Crippen molar-refractivity contribution in [1.82, 2.24) is 20.1 Å². The van der Waals surface area contributed by atoms with Crippen molar-refractivity contribution >= 4 is 45.7 Å². The van der Waals surface area contributed by atoms with Crippen LogP contribution < -0.4 is 5.32 Å². The molecule has 2 N–H and O–H groups in total. The fraction of sp³-hybridized carbons (Fsp3) is 0.211. The summed E-state index contributed by atoms with van der Waals surface area (Å²) in [6, 6.07) is 13.6. The molecule has 3 rings (SSSR count). The predicted molar refractivity (Wildman–Crippen MR) is 113 cm³/mol. The molecule has 0 saturated carbocycles. The van der Waals surface area contributed by atoms with E-state index in [1.165, 1.54) is 0 Å². The first-order chi connectivity index (χ1) is 12.9. The third kappa shape index (κ3) is 5.06. The molecule has 8 heteroatoms. The van der Waals surface area contributed by atoms with Crippen LogP contribution in [0.1, 0.15) is 17.5 Å². The second-order valence-electron chi connectivity index (χ2n) is 6.14. The number of carbonyl (C=O) groups excluding carboxylic acids is 1. The van der Waals surface area contributed by atoms with Gasteiger partial charge in [-0.3, -0.25) is 14.5 Å². The third-order valence-electron chi connectivity index (χ3n) is 4.09. The minimum absolute atomic E-state index is 0.0766. The smallest absolute Gasteiger partial charge is 0.222 e. The van der Waals surface area contributed by atoms with Crippen LogP contribution in [-0.4, -0.2) is 20.7 Å². The van der Waals surface area contributed by atoms with Crippen LogP contribution in [0, 0.1) is 11.7 Å². The molecule has 1 amide bonds. The van der Waals surface area contributed by atoms with Crippen LogP contribution in [0.4, 0.5) is 0 Å². The molecule has 27 heavy (non-hydrogen) atoms. The predicted octanol–water partition coefficient (Wildman–Crippen LogP) is 5.04. The van der Waals surface area contributed by atoms with Gasteiger partial charge in [-0.2, -0.15) is 5.10 Å². The van der Waals surface area contributed by atoms with E-state index in [-0.39, 0.29) is 5.91 Å². The van der Waals surface area contributed by atoms with Crippen LogP contribution in [0.15, 0.2) is 46.9 Å². The molecule has 0 fully saturated rings. The second kappa shape index (κ2) is 8.82. The summed E-state index contributed by atoms with van der Waals surface area (Å²) < 4.78 is 3.24. The molecule has 0 aliphatic heterocycles. The van der Waals surface area contributed by atoms with Crippen LogP contribution in [-0.2, 0) is 17.9 Å². The molecule has 140 valence electrons. The number of nitrogens with one attached hydrogen (secondary N) is 2. The normalized spacial score (nSPS) is 10.8. The lowest BCUT2D eigenvalue weighted by atomic mass is 10.1. The minimum Gasteiger partial charge on any atom is -0.352 e. The van der Waals surface area contributed by atoms with Gasteiger partial charge in [0.2, 0.25) is 5.91 Å². The second-order valence-corrected chi connectivity index (χ2v) is 7.85. The fourth-order valence-electron chi connectivity index (χ4n) is 2.69. The molecule has 1 aromatic heterocycles. The van der Waals surface area contributed by atoms with E-state index < -0.39 is 0 Å². The van der Waals surface area contributed by atoms with Crippen molar-refractivity contribution in [2.24, 2.45) is 0 Å². The van der Waals surface area contributed by atoms with E-state index in [0.29, 0.717) is 29.3 Å². The molecule has 0 atom stereocenters. The maximum Gasteiger partial charge on any atom is 0.222 e. The number of carbonyl (C=O) groups is 1. The number of aryl methyl sites for hydroxylation is 1. The number of hydrogen-bond donors (Lipinski definition) is 2. The monoisotopic (exact) mass is 464 g/mol. The molecule has 0 aliphatic carbocycles. The van der Waals surface area contributed by atoms with E-state index >= 15 is 0 Å². The van der Waals surface area contributed by atoms with Gasteiger partial charge in [-0.1, -0.05) is 57.4 Å². The third-order valence-corrected chi connectivity index (χ3v) is 5.24. The molecule has 0 aliphatic rings. The van der Waals surface area contributed by atoms with Crippen molar-refractivity contribution in [2.45, 2.75) is 26.4 Å². The van der Waals surface area contributed by atoms with Crippen molar-refractivity contribution in [3.63, 3.8) is 0 Å². The highest BCUT2D eigenvalue weighted by Gasteiger charge is 2.11. The molecule has 3 aromatic rings. The number of aromatic nitrogens is 3. The Kier molecular flexibility index (Phi) is 6.46. The lowest BCUT2D eigenvalue weighted by Crippen LogP contribution is -2.24. The number of aromatic amines is 1. The first-order valence-electron chi connectivity index (χ1n) is 8.37. The highest BCUT2D eigenvalue weighted by molar-refractivity contribution is 9.10. The number of amides is 1. The van der Waals surface area contributed by atoms with Crippen molar-refractivity contribution in [3.8, 4) is 11.4 Å². The number of H-pyrrole nitrogens is 1. The Balaban J connectivity index is 1.64. The minimum atomic E-state index is -0.0766. The van der Waals surface area contributed by atoms with E-state index in [9.17, 15) is 4.79 Å². The summed E-state index contributed by atoms with van der Waals surface area (Å²) in [6.07, 6.45) is 0.292. The molecule has 0 bridgehead atoms. The average Bonchev–Trinajstić information content (AvgIpc) is 3.00. The van der Waals surface area contributed by atoms with Gasteiger partial charge in [-0.25, -0.2) is 0 Å². The largest absolute Gasteiger partial charge is 0.352 e. The van der Waals surface area contributed by atoms with Gasteiger partial charge < -0.3 is 5.32 Å².